The summed E-state index contributed by atoms with van der Waals surface area (Å²) in [5.74, 6) is 3.55. The lowest BCUT2D eigenvalue weighted by Crippen LogP contribution is -2.42. The van der Waals surface area contributed by atoms with E-state index in [0.29, 0.717) is 11.8 Å². The van der Waals surface area contributed by atoms with Crippen molar-refractivity contribution >= 4 is 6.09 Å². The lowest BCUT2D eigenvalue weighted by atomic mass is 9.74. The molecule has 1 saturated carbocycles. The maximum Gasteiger partial charge on any atom is 0.406 e. The average molecular weight is 195 g/mol. The molecule has 3 heteroatoms. The zero-order valence-electron chi connectivity index (χ0n) is 8.75. The van der Waals surface area contributed by atoms with Crippen molar-refractivity contribution in [3.05, 3.63) is 0 Å². The first-order valence-electron chi connectivity index (χ1n) is 4.93. The highest BCUT2D eigenvalue weighted by Crippen LogP contribution is 2.37. The van der Waals surface area contributed by atoms with Crippen LogP contribution in [0, 0.1) is 24.2 Å². The van der Waals surface area contributed by atoms with Crippen molar-refractivity contribution < 1.29 is 9.53 Å². The Morgan fingerprint density at radius 1 is 1.50 bits per heavy atom. The molecule has 0 saturated heterocycles. The predicted octanol–water partition coefficient (Wildman–Crippen LogP) is 1.91. The molecule has 1 aliphatic carbocycles. The Labute approximate surface area is 85.0 Å². The van der Waals surface area contributed by atoms with E-state index in [2.05, 4.69) is 19.8 Å². The normalized spacial score (nSPS) is 37.2. The first-order chi connectivity index (χ1) is 6.47. The van der Waals surface area contributed by atoms with Crippen LogP contribution in [-0.4, -0.2) is 11.7 Å². The van der Waals surface area contributed by atoms with E-state index in [4.69, 9.17) is 16.9 Å². The summed E-state index contributed by atoms with van der Waals surface area (Å²) in [4.78, 5) is 10.7. The van der Waals surface area contributed by atoms with Crippen LogP contribution >= 0.6 is 0 Å². The van der Waals surface area contributed by atoms with E-state index in [-0.39, 0.29) is 0 Å². The van der Waals surface area contributed by atoms with Gasteiger partial charge in [0, 0.05) is 12.8 Å². The summed E-state index contributed by atoms with van der Waals surface area (Å²) in [6.45, 7) is 4.23. The molecule has 2 unspecified atom stereocenters. The number of carbonyl (C=O) groups excluding carboxylic acids is 1. The Morgan fingerprint density at radius 3 is 2.36 bits per heavy atom. The number of hydrogen-bond acceptors (Lipinski definition) is 2. The Morgan fingerprint density at radius 2 is 2.00 bits per heavy atom. The molecule has 0 heterocycles. The van der Waals surface area contributed by atoms with Crippen molar-refractivity contribution in [3.8, 4) is 12.3 Å². The highest BCUT2D eigenvalue weighted by molar-refractivity contribution is 5.65. The summed E-state index contributed by atoms with van der Waals surface area (Å²) in [6, 6.07) is 0. The monoisotopic (exact) mass is 195 g/mol. The van der Waals surface area contributed by atoms with Crippen molar-refractivity contribution in [2.45, 2.75) is 38.7 Å². The molecule has 14 heavy (non-hydrogen) atoms. The number of rotatable bonds is 1. The molecule has 1 aliphatic rings. The summed E-state index contributed by atoms with van der Waals surface area (Å²) in [5, 5.41) is 0. The van der Waals surface area contributed by atoms with Crippen molar-refractivity contribution in [2.75, 3.05) is 0 Å². The van der Waals surface area contributed by atoms with Crippen LogP contribution in [0.2, 0.25) is 0 Å². The first-order valence-corrected chi connectivity index (χ1v) is 4.93. The highest BCUT2D eigenvalue weighted by Gasteiger charge is 2.39. The van der Waals surface area contributed by atoms with Crippen LogP contribution < -0.4 is 5.73 Å². The highest BCUT2D eigenvalue weighted by atomic mass is 16.6. The van der Waals surface area contributed by atoms with E-state index in [9.17, 15) is 4.79 Å². The predicted molar refractivity (Wildman–Crippen MR) is 54.4 cm³/mol. The van der Waals surface area contributed by atoms with E-state index < -0.39 is 11.7 Å². The second-order valence-corrected chi connectivity index (χ2v) is 4.41. The smallest absolute Gasteiger partial charge is 0.406 e. The molecule has 78 valence electrons. The van der Waals surface area contributed by atoms with Crippen molar-refractivity contribution in [3.63, 3.8) is 0 Å². The van der Waals surface area contributed by atoms with Gasteiger partial charge in [-0.05, 0) is 18.3 Å². The lowest BCUT2D eigenvalue weighted by Gasteiger charge is -2.38. The topological polar surface area (TPSA) is 52.3 Å². The van der Waals surface area contributed by atoms with E-state index in [1.54, 1.807) is 0 Å². The molecule has 0 radical (unpaired) electrons. The summed E-state index contributed by atoms with van der Waals surface area (Å²) >= 11 is 0. The van der Waals surface area contributed by atoms with Gasteiger partial charge in [0.25, 0.3) is 0 Å². The second kappa shape index (κ2) is 3.91. The van der Waals surface area contributed by atoms with Gasteiger partial charge in [-0.3, -0.25) is 0 Å². The molecule has 2 N–H and O–H groups in total. The maximum absolute atomic E-state index is 10.7. The third-order valence-electron chi connectivity index (χ3n) is 2.72. The minimum Gasteiger partial charge on any atom is -0.430 e. The molecule has 0 spiro atoms. The molecule has 0 aromatic rings. The third kappa shape index (κ3) is 2.41. The molecule has 2 atom stereocenters. The number of ether oxygens (including phenoxy) is 1. The zero-order chi connectivity index (χ0) is 10.8. The van der Waals surface area contributed by atoms with E-state index in [0.717, 1.165) is 19.3 Å². The quantitative estimate of drug-likeness (QED) is 0.650. The van der Waals surface area contributed by atoms with Crippen LogP contribution in [0.15, 0.2) is 0 Å². The first kappa shape index (κ1) is 10.9. The lowest BCUT2D eigenvalue weighted by molar-refractivity contribution is 0.00277. The van der Waals surface area contributed by atoms with Gasteiger partial charge in [-0.2, -0.15) is 0 Å². The summed E-state index contributed by atoms with van der Waals surface area (Å²) in [6.07, 6.45) is 7.22. The summed E-state index contributed by atoms with van der Waals surface area (Å²) < 4.78 is 5.07. The van der Waals surface area contributed by atoms with Gasteiger partial charge in [-0.25, -0.2) is 4.79 Å². The van der Waals surface area contributed by atoms with Gasteiger partial charge in [0.15, 0.2) is 5.60 Å². The molecule has 1 rings (SSSR count). The molecule has 0 aromatic carbocycles. The molecule has 1 amide bonds. The van der Waals surface area contributed by atoms with Crippen molar-refractivity contribution in [1.82, 2.24) is 0 Å². The number of nitrogens with two attached hydrogens (primary N) is 1. The van der Waals surface area contributed by atoms with Crippen molar-refractivity contribution in [2.24, 2.45) is 17.6 Å². The standard InChI is InChI=1S/C11H17NO2/c1-4-11(14-10(12)13)6-8(2)5-9(3)7-11/h1,8-9H,5-7H2,2-3H3,(H2,12,13). The van der Waals surface area contributed by atoms with Crippen LogP contribution in [0.4, 0.5) is 4.79 Å². The van der Waals surface area contributed by atoms with E-state index in [1.165, 1.54) is 0 Å². The summed E-state index contributed by atoms with van der Waals surface area (Å²) in [5.41, 5.74) is 4.26. The van der Waals surface area contributed by atoms with Gasteiger partial charge in [-0.1, -0.05) is 19.8 Å². The SMILES string of the molecule is C#CC1(OC(N)=O)CC(C)CC(C)C1. The fourth-order valence-corrected chi connectivity index (χ4v) is 2.49. The molecular formula is C11H17NO2. The number of primary amides is 1. The van der Waals surface area contributed by atoms with Crippen LogP contribution in [0.5, 0.6) is 0 Å². The van der Waals surface area contributed by atoms with Gasteiger partial charge in [-0.15, -0.1) is 6.42 Å². The Hall–Kier alpha value is -1.17. The number of carbonyl (C=O) groups is 1. The Kier molecular flexibility index (Phi) is 3.05. The van der Waals surface area contributed by atoms with Gasteiger partial charge in [0.05, 0.1) is 0 Å². The number of hydrogen-bond donors (Lipinski definition) is 1. The minimum atomic E-state index is -0.774. The molecule has 0 bridgehead atoms. The minimum absolute atomic E-state index is 0.481. The average Bonchev–Trinajstić information content (AvgIpc) is 2.00. The van der Waals surface area contributed by atoms with Gasteiger partial charge >= 0.3 is 6.09 Å². The number of terminal acetylenes is 1. The summed E-state index contributed by atoms with van der Waals surface area (Å²) in [7, 11) is 0. The van der Waals surface area contributed by atoms with Crippen LogP contribution in [0.25, 0.3) is 0 Å². The van der Waals surface area contributed by atoms with Crippen LogP contribution in [0.3, 0.4) is 0 Å². The van der Waals surface area contributed by atoms with Gasteiger partial charge in [0.2, 0.25) is 0 Å². The van der Waals surface area contributed by atoms with E-state index in [1.807, 2.05) is 0 Å². The molecule has 0 aromatic heterocycles. The number of amides is 1. The zero-order valence-corrected chi connectivity index (χ0v) is 8.75. The molecule has 1 fully saturated rings. The van der Waals surface area contributed by atoms with E-state index >= 15 is 0 Å². The van der Waals surface area contributed by atoms with Gasteiger partial charge in [0.1, 0.15) is 0 Å². The Balaban J connectivity index is 2.78. The van der Waals surface area contributed by atoms with Crippen LogP contribution in [0.1, 0.15) is 33.1 Å². The molecule has 3 nitrogen and oxygen atoms in total. The fourth-order valence-electron chi connectivity index (χ4n) is 2.49. The second-order valence-electron chi connectivity index (χ2n) is 4.41. The molecular weight excluding hydrogens is 178 g/mol. The maximum atomic E-state index is 10.7. The Bertz CT molecular complexity index is 257. The fraction of sp³-hybridized carbons (Fsp3) is 0.727. The largest absolute Gasteiger partial charge is 0.430 e. The van der Waals surface area contributed by atoms with Crippen LogP contribution in [-0.2, 0) is 4.74 Å². The third-order valence-corrected chi connectivity index (χ3v) is 2.72. The van der Waals surface area contributed by atoms with Crippen molar-refractivity contribution in [1.29, 1.82) is 0 Å². The molecule has 0 aliphatic heterocycles. The van der Waals surface area contributed by atoms with Gasteiger partial charge < -0.3 is 10.5 Å².